The number of rotatable bonds is 7. The summed E-state index contributed by atoms with van der Waals surface area (Å²) in [6.45, 7) is 2.68. The first-order chi connectivity index (χ1) is 16.4. The Hall–Kier alpha value is -4.13. The summed E-state index contributed by atoms with van der Waals surface area (Å²) in [6.07, 6.45) is 1.88. The van der Waals surface area contributed by atoms with E-state index in [-0.39, 0.29) is 11.5 Å². The van der Waals surface area contributed by atoms with Crippen molar-refractivity contribution in [1.82, 2.24) is 15.2 Å². The molecule has 4 rings (SSSR count). The second-order valence-electron chi connectivity index (χ2n) is 7.94. The van der Waals surface area contributed by atoms with Crippen LogP contribution in [0.2, 0.25) is 0 Å². The lowest BCUT2D eigenvalue weighted by Gasteiger charge is -2.19. The van der Waals surface area contributed by atoms with E-state index in [9.17, 15) is 14.0 Å². The van der Waals surface area contributed by atoms with Crippen LogP contribution in [0.1, 0.15) is 33.2 Å². The summed E-state index contributed by atoms with van der Waals surface area (Å²) >= 11 is 0. The van der Waals surface area contributed by atoms with Crippen molar-refractivity contribution in [3.63, 3.8) is 0 Å². The predicted molar refractivity (Wildman–Crippen MR) is 130 cm³/mol. The highest BCUT2D eigenvalue weighted by Gasteiger charge is 2.18. The number of carbonyl (C=O) groups is 2. The third-order valence-electron chi connectivity index (χ3n) is 5.71. The first kappa shape index (κ1) is 23.0. The van der Waals surface area contributed by atoms with Crippen molar-refractivity contribution in [2.75, 3.05) is 20.7 Å². The number of aromatic nitrogens is 1. The molecule has 1 heterocycles. The highest BCUT2D eigenvalue weighted by Crippen LogP contribution is 2.33. The number of ether oxygens (including phenoxy) is 1. The number of fused-ring (bicyclic) bond motifs is 1. The Kier molecular flexibility index (Phi) is 6.63. The normalized spacial score (nSPS) is 10.8. The Bertz CT molecular complexity index is 1360. The molecule has 0 bridgehead atoms. The minimum atomic E-state index is -0.605. The lowest BCUT2D eigenvalue weighted by atomic mass is 9.99. The molecule has 7 heteroatoms. The zero-order valence-corrected chi connectivity index (χ0v) is 19.3. The van der Waals surface area contributed by atoms with E-state index in [4.69, 9.17) is 4.74 Å². The first-order valence-electron chi connectivity index (χ1n) is 11.0. The Balaban J connectivity index is 1.64. The van der Waals surface area contributed by atoms with Crippen LogP contribution >= 0.6 is 0 Å². The molecule has 0 fully saturated rings. The molecule has 0 spiro atoms. The maximum atomic E-state index is 14.1. The van der Waals surface area contributed by atoms with Crippen LogP contribution in [0, 0.1) is 5.82 Å². The van der Waals surface area contributed by atoms with Gasteiger partial charge in [-0.2, -0.15) is 0 Å². The van der Waals surface area contributed by atoms with Crippen LogP contribution in [-0.4, -0.2) is 42.4 Å². The Morgan fingerprint density at radius 3 is 2.68 bits per heavy atom. The van der Waals surface area contributed by atoms with Crippen molar-refractivity contribution in [3.8, 4) is 16.9 Å². The Labute approximate surface area is 197 Å². The standard InChI is InChI=1S/C27H26FN3O3/c1-4-34-24-15-19(8-10-21(24)18-9-11-23(28)22(14-18)26(32)29-2)27(33)31(3)16-20-7-5-6-17-12-13-30-25(17)20/h5-15,30H,4,16H2,1-3H3,(H,29,32). The second-order valence-corrected chi connectivity index (χ2v) is 7.94. The topological polar surface area (TPSA) is 74.4 Å². The molecule has 0 aliphatic rings. The molecule has 0 radical (unpaired) electrons. The van der Waals surface area contributed by atoms with E-state index in [2.05, 4.69) is 10.3 Å². The van der Waals surface area contributed by atoms with Gasteiger partial charge in [-0.3, -0.25) is 9.59 Å². The monoisotopic (exact) mass is 459 g/mol. The number of para-hydroxylation sites is 1. The van der Waals surface area contributed by atoms with Gasteiger partial charge in [0.15, 0.2) is 0 Å². The van der Waals surface area contributed by atoms with E-state index in [1.54, 1.807) is 36.2 Å². The third kappa shape index (κ3) is 4.50. The molecule has 6 nitrogen and oxygen atoms in total. The molecular weight excluding hydrogens is 433 g/mol. The predicted octanol–water partition coefficient (Wildman–Crippen LogP) is 5.00. The number of H-pyrrole nitrogens is 1. The Morgan fingerprint density at radius 1 is 1.09 bits per heavy atom. The fourth-order valence-electron chi connectivity index (χ4n) is 4.00. The zero-order chi connectivity index (χ0) is 24.2. The lowest BCUT2D eigenvalue weighted by Crippen LogP contribution is -2.26. The van der Waals surface area contributed by atoms with Crippen LogP contribution in [0.5, 0.6) is 5.75 Å². The highest BCUT2D eigenvalue weighted by atomic mass is 19.1. The molecule has 3 aromatic carbocycles. The fraction of sp³-hybridized carbons (Fsp3) is 0.185. The summed E-state index contributed by atoms with van der Waals surface area (Å²) in [5.74, 6) is -0.779. The summed E-state index contributed by atoms with van der Waals surface area (Å²) in [5, 5.41) is 3.54. The van der Waals surface area contributed by atoms with Gasteiger partial charge in [0.25, 0.3) is 11.8 Å². The maximum absolute atomic E-state index is 14.1. The maximum Gasteiger partial charge on any atom is 0.254 e. The number of aromatic amines is 1. The number of amides is 2. The minimum absolute atomic E-state index is 0.0548. The van der Waals surface area contributed by atoms with Crippen molar-refractivity contribution >= 4 is 22.7 Å². The molecular formula is C27H26FN3O3. The van der Waals surface area contributed by atoms with Crippen molar-refractivity contribution in [2.45, 2.75) is 13.5 Å². The smallest absolute Gasteiger partial charge is 0.254 e. The molecule has 0 atom stereocenters. The van der Waals surface area contributed by atoms with Gasteiger partial charge < -0.3 is 19.9 Å². The molecule has 0 saturated carbocycles. The number of nitrogens with one attached hydrogen (secondary N) is 2. The van der Waals surface area contributed by atoms with E-state index >= 15 is 0 Å². The van der Waals surface area contributed by atoms with Crippen molar-refractivity contribution in [1.29, 1.82) is 0 Å². The van der Waals surface area contributed by atoms with Gasteiger partial charge in [0.05, 0.1) is 17.7 Å². The van der Waals surface area contributed by atoms with E-state index in [1.807, 2.05) is 37.4 Å². The van der Waals surface area contributed by atoms with Crippen LogP contribution in [0.15, 0.2) is 66.9 Å². The molecule has 0 saturated heterocycles. The van der Waals surface area contributed by atoms with Gasteiger partial charge in [0.1, 0.15) is 11.6 Å². The summed E-state index contributed by atoms with van der Waals surface area (Å²) < 4.78 is 20.0. The number of hydrogen-bond donors (Lipinski definition) is 2. The van der Waals surface area contributed by atoms with E-state index in [0.29, 0.717) is 35.6 Å². The van der Waals surface area contributed by atoms with Crippen LogP contribution in [-0.2, 0) is 6.54 Å². The van der Waals surface area contributed by atoms with Crippen molar-refractivity contribution in [3.05, 3.63) is 89.4 Å². The van der Waals surface area contributed by atoms with Crippen LogP contribution in [0.4, 0.5) is 4.39 Å². The molecule has 0 aliphatic heterocycles. The fourth-order valence-corrected chi connectivity index (χ4v) is 4.00. The largest absolute Gasteiger partial charge is 0.493 e. The van der Waals surface area contributed by atoms with Crippen LogP contribution in [0.3, 0.4) is 0 Å². The van der Waals surface area contributed by atoms with Gasteiger partial charge in [0.2, 0.25) is 0 Å². The number of benzene rings is 3. The van der Waals surface area contributed by atoms with Crippen LogP contribution in [0.25, 0.3) is 22.0 Å². The van der Waals surface area contributed by atoms with Gasteiger partial charge in [-0.05, 0) is 59.8 Å². The number of carbonyl (C=O) groups excluding carboxylic acids is 2. The van der Waals surface area contributed by atoms with E-state index in [0.717, 1.165) is 16.5 Å². The first-order valence-corrected chi connectivity index (χ1v) is 11.0. The second kappa shape index (κ2) is 9.79. The summed E-state index contributed by atoms with van der Waals surface area (Å²) in [7, 11) is 3.21. The summed E-state index contributed by atoms with van der Waals surface area (Å²) in [5.41, 5.74) is 3.74. The molecule has 34 heavy (non-hydrogen) atoms. The average Bonchev–Trinajstić information content (AvgIpc) is 3.34. The van der Waals surface area contributed by atoms with Crippen molar-refractivity contribution in [2.24, 2.45) is 0 Å². The number of halogens is 1. The molecule has 2 N–H and O–H groups in total. The third-order valence-corrected chi connectivity index (χ3v) is 5.71. The molecule has 1 aromatic heterocycles. The van der Waals surface area contributed by atoms with Gasteiger partial charge >= 0.3 is 0 Å². The summed E-state index contributed by atoms with van der Waals surface area (Å²) in [4.78, 5) is 30.1. The summed E-state index contributed by atoms with van der Waals surface area (Å²) in [6, 6.07) is 17.5. The number of hydrogen-bond acceptors (Lipinski definition) is 3. The molecule has 2 amide bonds. The van der Waals surface area contributed by atoms with Gasteiger partial charge in [-0.1, -0.05) is 24.3 Å². The van der Waals surface area contributed by atoms with Gasteiger partial charge in [-0.15, -0.1) is 0 Å². The SMILES string of the molecule is CCOc1cc(C(=O)N(C)Cc2cccc3cc[nH]c23)ccc1-c1ccc(F)c(C(=O)NC)c1. The van der Waals surface area contributed by atoms with Gasteiger partial charge in [0, 0.05) is 38.0 Å². The van der Waals surface area contributed by atoms with Crippen molar-refractivity contribution < 1.29 is 18.7 Å². The van der Waals surface area contributed by atoms with E-state index < -0.39 is 11.7 Å². The minimum Gasteiger partial charge on any atom is -0.493 e. The molecule has 0 aliphatic carbocycles. The quantitative estimate of drug-likeness (QED) is 0.408. The van der Waals surface area contributed by atoms with Crippen LogP contribution < -0.4 is 10.1 Å². The highest BCUT2D eigenvalue weighted by molar-refractivity contribution is 5.97. The lowest BCUT2D eigenvalue weighted by molar-refractivity contribution is 0.0785. The molecule has 174 valence electrons. The number of nitrogens with zero attached hydrogens (tertiary/aromatic N) is 1. The molecule has 0 unspecified atom stereocenters. The Morgan fingerprint density at radius 2 is 1.91 bits per heavy atom. The average molecular weight is 460 g/mol. The zero-order valence-electron chi connectivity index (χ0n) is 19.3. The van der Waals surface area contributed by atoms with E-state index in [1.165, 1.54) is 19.2 Å². The molecule has 4 aromatic rings. The van der Waals surface area contributed by atoms with Gasteiger partial charge in [-0.25, -0.2) is 4.39 Å².